The molecule has 0 N–H and O–H groups in total. The average molecular weight is 423 g/mol. The maximum atomic E-state index is 10.5. The molecule has 1 aliphatic rings. The Balaban J connectivity index is 2.11. The summed E-state index contributed by atoms with van der Waals surface area (Å²) in [5.74, 6) is 1.32. The first kappa shape index (κ1) is 22.4. The lowest BCUT2D eigenvalue weighted by Gasteiger charge is -2.54. The van der Waals surface area contributed by atoms with Crippen LogP contribution in [0.2, 0.25) is 0 Å². The summed E-state index contributed by atoms with van der Waals surface area (Å²) in [6.07, 6.45) is 7.88. The van der Waals surface area contributed by atoms with Gasteiger partial charge >= 0.3 is 0 Å². The van der Waals surface area contributed by atoms with Crippen LogP contribution in [0.5, 0.6) is 5.88 Å². The predicted octanol–water partition coefficient (Wildman–Crippen LogP) is 6.27. The lowest BCUT2D eigenvalue weighted by atomic mass is 9.60. The third-order valence-electron chi connectivity index (χ3n) is 6.93. The van der Waals surface area contributed by atoms with Crippen LogP contribution in [-0.2, 0) is 5.41 Å². The maximum Gasteiger partial charge on any atom is 0.213 e. The molecule has 0 bridgehead atoms. The molecule has 4 heteroatoms. The van der Waals surface area contributed by atoms with Crippen molar-refractivity contribution in [3.05, 3.63) is 65.4 Å². The van der Waals surface area contributed by atoms with E-state index in [9.17, 15) is 5.26 Å². The monoisotopic (exact) mass is 422 g/mol. The molecule has 2 aromatic rings. The number of hydrogen-bond donors (Lipinski definition) is 0. The lowest BCUT2D eigenvalue weighted by Crippen LogP contribution is -2.47. The van der Waals surface area contributed by atoms with Gasteiger partial charge in [-0.15, -0.1) is 0 Å². The number of nitrogens with zero attached hydrogens (tertiary/aromatic N) is 2. The zero-order valence-corrected chi connectivity index (χ0v) is 20.1. The van der Waals surface area contributed by atoms with Gasteiger partial charge in [0.2, 0.25) is 5.88 Å². The zero-order valence-electron chi connectivity index (χ0n) is 19.3. The highest BCUT2D eigenvalue weighted by molar-refractivity contribution is 8.33. The van der Waals surface area contributed by atoms with Gasteiger partial charge in [0.1, 0.15) is 5.41 Å². The van der Waals surface area contributed by atoms with Crippen LogP contribution in [0.4, 0.5) is 0 Å². The highest BCUT2D eigenvalue weighted by Gasteiger charge is 2.51. The molecule has 0 spiro atoms. The summed E-state index contributed by atoms with van der Waals surface area (Å²) in [6, 6.07) is 17.6. The molecule has 0 aliphatic heterocycles. The van der Waals surface area contributed by atoms with Gasteiger partial charge in [-0.2, -0.15) is 5.26 Å². The molecule has 1 aliphatic carbocycles. The van der Waals surface area contributed by atoms with E-state index in [4.69, 9.17) is 4.74 Å². The fraction of sp³-hybridized carbons (Fsp3) is 0.462. The lowest BCUT2D eigenvalue weighted by molar-refractivity contribution is 0.307. The molecular formula is C26H34N2OS. The van der Waals surface area contributed by atoms with Crippen molar-refractivity contribution in [1.82, 2.24) is 4.98 Å². The molecule has 4 atom stereocenters. The maximum absolute atomic E-state index is 10.5. The minimum absolute atomic E-state index is 0.310. The Morgan fingerprint density at radius 2 is 1.83 bits per heavy atom. The molecule has 1 aromatic carbocycles. The highest BCUT2D eigenvalue weighted by Crippen LogP contribution is 2.64. The van der Waals surface area contributed by atoms with E-state index in [0.717, 1.165) is 17.7 Å². The van der Waals surface area contributed by atoms with Gasteiger partial charge in [0.25, 0.3) is 0 Å². The van der Waals surface area contributed by atoms with E-state index in [1.807, 2.05) is 19.1 Å². The van der Waals surface area contributed by atoms with Gasteiger partial charge in [-0.25, -0.2) is 15.0 Å². The van der Waals surface area contributed by atoms with Crippen LogP contribution in [0, 0.1) is 30.1 Å². The number of rotatable bonds is 4. The first-order valence-corrected chi connectivity index (χ1v) is 13.1. The van der Waals surface area contributed by atoms with E-state index < -0.39 is 15.4 Å². The second-order valence-electron chi connectivity index (χ2n) is 8.90. The SMILES string of the molecule is C/C=C1\[C@@H](C)[C@@H](S(C)(C)c2ccccc2)[C@H](C)C[C@@]1(C#N)c1ccc(OC)nc1C. The molecular weight excluding hydrogens is 388 g/mol. The Bertz CT molecular complexity index is 976. The summed E-state index contributed by atoms with van der Waals surface area (Å²) in [6.45, 7) is 8.74. The minimum atomic E-state index is -1.05. The molecule has 0 radical (unpaired) electrons. The quantitative estimate of drug-likeness (QED) is 0.545. The largest absolute Gasteiger partial charge is 0.481 e. The van der Waals surface area contributed by atoms with Crippen molar-refractivity contribution >= 4 is 10.0 Å². The Morgan fingerprint density at radius 1 is 1.17 bits per heavy atom. The van der Waals surface area contributed by atoms with Crippen molar-refractivity contribution in [2.75, 3.05) is 19.6 Å². The minimum Gasteiger partial charge on any atom is -0.481 e. The van der Waals surface area contributed by atoms with Gasteiger partial charge in [-0.05, 0) is 66.7 Å². The molecule has 30 heavy (non-hydrogen) atoms. The molecule has 3 nitrogen and oxygen atoms in total. The van der Waals surface area contributed by atoms with Crippen molar-refractivity contribution in [3.63, 3.8) is 0 Å². The third-order valence-corrected chi connectivity index (χ3v) is 10.6. The third kappa shape index (κ3) is 3.54. The van der Waals surface area contributed by atoms with Crippen LogP contribution in [0.15, 0.2) is 59.0 Å². The molecule has 1 heterocycles. The highest BCUT2D eigenvalue weighted by atomic mass is 32.3. The molecule has 0 saturated heterocycles. The number of pyridine rings is 1. The molecule has 0 amide bonds. The van der Waals surface area contributed by atoms with Gasteiger partial charge in [0.05, 0.1) is 13.2 Å². The molecule has 1 fully saturated rings. The fourth-order valence-electron chi connectivity index (χ4n) is 5.84. The number of benzene rings is 1. The summed E-state index contributed by atoms with van der Waals surface area (Å²) < 4.78 is 5.30. The Hall–Kier alpha value is -2.25. The Labute approximate surface area is 183 Å². The van der Waals surface area contributed by atoms with Crippen LogP contribution < -0.4 is 4.74 Å². The standard InChI is InChI=1S/C26H34N2OS/c1-8-22-19(3)25(30(6,7)21-12-10-9-11-13-21)18(2)16-26(22,17-27)23-14-15-24(29-5)28-20(23)4/h8-15,18-19,25H,16H2,1-7H3/b22-8+/t18-,19-,25+,26+/m1/s1. The van der Waals surface area contributed by atoms with Crippen molar-refractivity contribution in [2.45, 2.75) is 49.7 Å². The van der Waals surface area contributed by atoms with E-state index in [-0.39, 0.29) is 0 Å². The summed E-state index contributed by atoms with van der Waals surface area (Å²) in [4.78, 5) is 6.04. The number of allylic oxidation sites excluding steroid dienone is 2. The van der Waals surface area contributed by atoms with Crippen molar-refractivity contribution in [3.8, 4) is 11.9 Å². The van der Waals surface area contributed by atoms with Gasteiger partial charge in [-0.1, -0.05) is 50.3 Å². The molecule has 1 aromatic heterocycles. The van der Waals surface area contributed by atoms with Gasteiger partial charge in [-0.3, -0.25) is 0 Å². The van der Waals surface area contributed by atoms with Gasteiger partial charge in [0.15, 0.2) is 0 Å². The number of hydrogen-bond acceptors (Lipinski definition) is 3. The molecule has 3 rings (SSSR count). The van der Waals surface area contributed by atoms with E-state index in [2.05, 4.69) is 80.7 Å². The second-order valence-corrected chi connectivity index (χ2v) is 12.7. The zero-order chi connectivity index (χ0) is 22.1. The molecule has 1 saturated carbocycles. The van der Waals surface area contributed by atoms with Crippen LogP contribution in [-0.4, -0.2) is 29.9 Å². The average Bonchev–Trinajstić information content (AvgIpc) is 2.73. The van der Waals surface area contributed by atoms with Gasteiger partial charge in [0, 0.05) is 17.0 Å². The van der Waals surface area contributed by atoms with Crippen molar-refractivity contribution in [2.24, 2.45) is 11.8 Å². The van der Waals surface area contributed by atoms with E-state index in [0.29, 0.717) is 23.0 Å². The number of aryl methyl sites for hydroxylation is 1. The Morgan fingerprint density at radius 3 is 2.37 bits per heavy atom. The van der Waals surface area contributed by atoms with Crippen LogP contribution >= 0.6 is 10.0 Å². The summed E-state index contributed by atoms with van der Waals surface area (Å²) in [7, 11) is 0.577. The van der Waals surface area contributed by atoms with E-state index in [1.165, 1.54) is 10.5 Å². The second kappa shape index (κ2) is 8.47. The smallest absolute Gasteiger partial charge is 0.213 e. The van der Waals surface area contributed by atoms with Crippen LogP contribution in [0.1, 0.15) is 38.4 Å². The van der Waals surface area contributed by atoms with Crippen LogP contribution in [0.3, 0.4) is 0 Å². The predicted molar refractivity (Wildman–Crippen MR) is 127 cm³/mol. The summed E-state index contributed by atoms with van der Waals surface area (Å²) >= 11 is 0. The van der Waals surface area contributed by atoms with E-state index in [1.54, 1.807) is 7.11 Å². The normalized spacial score (nSPS) is 28.7. The number of ether oxygens (including phenoxy) is 1. The number of methoxy groups -OCH3 is 1. The number of aromatic nitrogens is 1. The number of nitriles is 1. The fourth-order valence-corrected chi connectivity index (χ4v) is 9.44. The Kier molecular flexibility index (Phi) is 6.34. The summed E-state index contributed by atoms with van der Waals surface area (Å²) in [5, 5.41) is 11.1. The van der Waals surface area contributed by atoms with Crippen molar-refractivity contribution < 1.29 is 4.74 Å². The summed E-state index contributed by atoms with van der Waals surface area (Å²) in [5.41, 5.74) is 2.49. The van der Waals surface area contributed by atoms with E-state index >= 15 is 0 Å². The van der Waals surface area contributed by atoms with Gasteiger partial charge < -0.3 is 4.74 Å². The molecule has 160 valence electrons. The first-order chi connectivity index (χ1) is 14.2. The first-order valence-electron chi connectivity index (χ1n) is 10.6. The van der Waals surface area contributed by atoms with Crippen LogP contribution in [0.25, 0.3) is 0 Å². The topological polar surface area (TPSA) is 45.9 Å². The molecule has 0 unspecified atom stereocenters. The van der Waals surface area contributed by atoms with Crippen molar-refractivity contribution in [1.29, 1.82) is 5.26 Å².